The van der Waals surface area contributed by atoms with Gasteiger partial charge in [-0.15, -0.1) is 0 Å². The lowest BCUT2D eigenvalue weighted by molar-refractivity contribution is -0.0420. The lowest BCUT2D eigenvalue weighted by Crippen LogP contribution is -2.57. The minimum atomic E-state index is 0. The standard InChI is InChI=1S/C24H27N.2C13H11N.2C13H10.2C6H6.C3H8.24C2H6.2CH4/c1-2-25-22-9-5-3-7-20(22)24(21-8-4-6-10-23(21)25)18-12-16-11-17(14-18)15-19(24)13-16;2*1-14-12-8-4-2-6-10(12)11-7-3-5-9-13(11)14;2*1-3-7-12-10(5-1)9-11-6-2-4-8-13(11)12;2*1-2-4-6-5-3-1;1-3-2;24*1-2;;/h3-10,16-19H,2,11-15H2,1H3;2*2-9H,1H3;2*1-8H,9H2;2*1-6H;3H2,1-2H3;24*1-2H3;2*1H4. The number of para-hydroxylation sites is 6. The molecule has 3 heterocycles. The summed E-state index contributed by atoms with van der Waals surface area (Å²) in [4.78, 5) is 2.56. The molecule has 1 aliphatic heterocycles. The minimum absolute atomic E-state index is 0. The highest BCUT2D eigenvalue weighted by molar-refractivity contribution is 6.08. The fourth-order valence-corrected chi connectivity index (χ4v) is 16.7. The van der Waals surface area contributed by atoms with Gasteiger partial charge in [-0.25, -0.2) is 0 Å². The van der Waals surface area contributed by atoms with Gasteiger partial charge in [-0.1, -0.05) is 647 Å². The first-order valence-electron chi connectivity index (χ1n) is 58.5. The first-order valence-corrected chi connectivity index (χ1v) is 58.5. The molecule has 14 aromatic rings. The van der Waals surface area contributed by atoms with Crippen molar-refractivity contribution in [2.45, 2.75) is 425 Å². The summed E-state index contributed by atoms with van der Waals surface area (Å²) >= 11 is 0. The summed E-state index contributed by atoms with van der Waals surface area (Å²) in [6.07, 6.45) is 10.8. The van der Waals surface area contributed by atoms with Crippen LogP contribution in [0.15, 0.2) is 315 Å². The van der Waals surface area contributed by atoms with Crippen molar-refractivity contribution in [2.24, 2.45) is 37.8 Å². The number of aryl methyl sites for hydroxylation is 2. The SMILES string of the molecule is C.C.CC.CC.CC.CC.CC.CC.CC.CC.CC.CC.CC.CC.CC.CC.CC.CC.CC.CC.CC.CC.CC.CC.CC.CC.CCC.CCN1c2ccccc2C2(c3ccccc31)C1CC3CC(C1)CC2C3.Cn1c2ccccc2c2ccccc21.Cn1c2ccccc2c2ccccc21.c1ccc2c(c1)Cc1ccccc1-2.c1ccc2c(c1)Cc1ccccc1-2.c1ccccc1.c1ccccc1. The van der Waals surface area contributed by atoms with Crippen molar-refractivity contribution in [1.29, 1.82) is 0 Å². The third kappa shape index (κ3) is 53.4. The van der Waals surface area contributed by atoms with E-state index in [9.17, 15) is 0 Å². The Morgan fingerprint density at radius 1 is 0.201 bits per heavy atom. The van der Waals surface area contributed by atoms with E-state index in [1.54, 1.807) is 11.1 Å². The van der Waals surface area contributed by atoms with Crippen LogP contribution in [0.1, 0.15) is 440 Å². The van der Waals surface area contributed by atoms with Crippen LogP contribution >= 0.6 is 0 Å². The second-order valence-electron chi connectivity index (χ2n) is 26.1. The zero-order chi connectivity index (χ0) is 112. The number of benzene rings is 12. The summed E-state index contributed by atoms with van der Waals surface area (Å²) < 4.78 is 4.48. The van der Waals surface area contributed by atoms with E-state index in [-0.39, 0.29) is 20.3 Å². The molecule has 3 heteroatoms. The fraction of sp³-hybridized carbons (Fsp3) is 0.489. The molecule has 0 amide bonds. The van der Waals surface area contributed by atoms with E-state index in [0.29, 0.717) is 0 Å². The molecule has 7 aliphatic rings. The molecule has 12 aromatic carbocycles. The summed E-state index contributed by atoms with van der Waals surface area (Å²) in [6.45, 7) is 104. The molecule has 4 fully saturated rings. The van der Waals surface area contributed by atoms with Gasteiger partial charge in [-0.3, -0.25) is 0 Å². The van der Waals surface area contributed by atoms with Crippen LogP contribution in [-0.4, -0.2) is 15.7 Å². The molecule has 6 aliphatic carbocycles. The van der Waals surface area contributed by atoms with Gasteiger partial charge in [0.05, 0.1) is 0 Å². The summed E-state index contributed by atoms with van der Waals surface area (Å²) in [6, 6.07) is 111. The Labute approximate surface area is 903 Å². The van der Waals surface area contributed by atoms with Crippen molar-refractivity contribution < 1.29 is 0 Å². The van der Waals surface area contributed by atoms with Gasteiger partial charge in [0.1, 0.15) is 0 Å². The molecule has 820 valence electrons. The zero-order valence-electron chi connectivity index (χ0n) is 104. The monoisotopic (exact) mass is 1980 g/mol. The second-order valence-corrected chi connectivity index (χ2v) is 26.1. The van der Waals surface area contributed by atoms with Crippen molar-refractivity contribution in [3.05, 3.63) is 349 Å². The lowest BCUT2D eigenvalue weighted by Gasteiger charge is -2.64. The van der Waals surface area contributed by atoms with Gasteiger partial charge in [0.2, 0.25) is 0 Å². The van der Waals surface area contributed by atoms with Gasteiger partial charge in [0.15, 0.2) is 0 Å². The predicted molar refractivity (Wildman–Crippen MR) is 688 cm³/mol. The average molecular weight is 1980 g/mol. The predicted octanol–water partition coefficient (Wildman–Crippen LogP) is 49.8. The molecular formula is C141H241N3. The summed E-state index contributed by atoms with van der Waals surface area (Å²) in [5, 5.41) is 5.35. The average Bonchev–Trinajstić information content (AvgIpc) is 0.889. The van der Waals surface area contributed by atoms with Crippen LogP contribution < -0.4 is 4.90 Å². The van der Waals surface area contributed by atoms with Crippen LogP contribution in [0.3, 0.4) is 0 Å². The van der Waals surface area contributed by atoms with Crippen LogP contribution in [-0.2, 0) is 32.4 Å². The fourth-order valence-electron chi connectivity index (χ4n) is 16.7. The van der Waals surface area contributed by atoms with Gasteiger partial charge in [0.25, 0.3) is 0 Å². The second kappa shape index (κ2) is 122. The van der Waals surface area contributed by atoms with Gasteiger partial charge in [-0.2, -0.15) is 0 Å². The Morgan fingerprint density at radius 2 is 0.361 bits per heavy atom. The maximum absolute atomic E-state index is 2.56. The Balaban J connectivity index is -0.000000108. The number of aromatic nitrogens is 2. The van der Waals surface area contributed by atoms with Crippen LogP contribution in [0.2, 0.25) is 0 Å². The zero-order valence-corrected chi connectivity index (χ0v) is 104. The van der Waals surface area contributed by atoms with E-state index in [0.717, 1.165) is 43.1 Å². The van der Waals surface area contributed by atoms with Crippen LogP contribution in [0.25, 0.3) is 65.9 Å². The Kier molecular flexibility index (Phi) is 139. The Hall–Kier alpha value is -9.96. The quantitative estimate of drug-likeness (QED) is 0.160. The molecule has 2 aromatic heterocycles. The first-order chi connectivity index (χ1) is 70.4. The van der Waals surface area contributed by atoms with Crippen molar-refractivity contribution in [3.8, 4) is 22.3 Å². The molecule has 144 heavy (non-hydrogen) atoms. The number of fused-ring (bicyclic) bond motifs is 14. The topological polar surface area (TPSA) is 13.1 Å². The molecule has 4 saturated carbocycles. The van der Waals surface area contributed by atoms with Gasteiger partial charge < -0.3 is 14.0 Å². The molecule has 4 bridgehead atoms. The highest BCUT2D eigenvalue weighted by Gasteiger charge is 2.61. The first kappa shape index (κ1) is 165. The van der Waals surface area contributed by atoms with Crippen LogP contribution in [0.4, 0.5) is 11.4 Å². The number of anilines is 2. The molecule has 0 atom stereocenters. The molecule has 21 rings (SSSR count). The molecule has 0 N–H and O–H groups in total. The lowest BCUT2D eigenvalue weighted by atomic mass is 9.41. The van der Waals surface area contributed by atoms with Crippen molar-refractivity contribution in [2.75, 3.05) is 11.4 Å². The Bertz CT molecular complexity index is 4220. The van der Waals surface area contributed by atoms with Crippen molar-refractivity contribution >= 4 is 55.0 Å². The Morgan fingerprint density at radius 3 is 0.549 bits per heavy atom. The van der Waals surface area contributed by atoms with E-state index in [4.69, 9.17) is 0 Å². The summed E-state index contributed by atoms with van der Waals surface area (Å²) in [5.74, 6) is 3.73. The van der Waals surface area contributed by atoms with Crippen molar-refractivity contribution in [1.82, 2.24) is 9.13 Å². The van der Waals surface area contributed by atoms with E-state index < -0.39 is 0 Å². The van der Waals surface area contributed by atoms with E-state index in [1.165, 1.54) is 138 Å². The maximum Gasteiger partial charge on any atom is 0.0488 e. The van der Waals surface area contributed by atoms with E-state index >= 15 is 0 Å². The van der Waals surface area contributed by atoms with E-state index in [1.807, 2.05) is 405 Å². The van der Waals surface area contributed by atoms with Gasteiger partial charge in [-0.05, 0) is 168 Å². The number of hydrogen-bond donors (Lipinski definition) is 0. The van der Waals surface area contributed by atoms with Gasteiger partial charge in [0, 0.05) is 81.0 Å². The number of hydrogen-bond acceptors (Lipinski definition) is 1. The molecular weight excluding hydrogens is 1740 g/mol. The highest BCUT2D eigenvalue weighted by atomic mass is 15.1. The summed E-state index contributed by atoms with van der Waals surface area (Å²) in [7, 11) is 4.23. The van der Waals surface area contributed by atoms with Crippen LogP contribution in [0, 0.1) is 23.7 Å². The molecule has 1 spiro atoms. The number of nitrogens with zero attached hydrogens (tertiary/aromatic N) is 3. The molecule has 0 unspecified atom stereocenters. The minimum Gasteiger partial charge on any atom is -0.344 e. The largest absolute Gasteiger partial charge is 0.344 e. The number of rotatable bonds is 1. The van der Waals surface area contributed by atoms with Crippen molar-refractivity contribution in [3.63, 3.8) is 0 Å². The van der Waals surface area contributed by atoms with Gasteiger partial charge >= 0.3 is 0 Å². The molecule has 0 radical (unpaired) electrons. The smallest absolute Gasteiger partial charge is 0.0488 e. The maximum atomic E-state index is 2.56. The normalized spacial score (nSPS) is 12.0. The van der Waals surface area contributed by atoms with E-state index in [2.05, 4.69) is 292 Å². The molecule has 3 nitrogen and oxygen atoms in total. The molecule has 0 saturated heterocycles. The van der Waals surface area contributed by atoms with Crippen LogP contribution in [0.5, 0.6) is 0 Å². The third-order valence-corrected chi connectivity index (χ3v) is 20.4. The highest BCUT2D eigenvalue weighted by Crippen LogP contribution is 2.69. The summed E-state index contributed by atoms with van der Waals surface area (Å²) in [5.41, 5.74) is 23.2. The third-order valence-electron chi connectivity index (χ3n) is 20.4.